The fourth-order valence-corrected chi connectivity index (χ4v) is 6.26. The predicted octanol–water partition coefficient (Wildman–Crippen LogP) is 8.74. The van der Waals surface area contributed by atoms with Crippen LogP contribution in [-0.2, 0) is 27.3 Å². The number of carbonyl (C=O) groups is 1. The zero-order chi connectivity index (χ0) is 33.0. The summed E-state index contributed by atoms with van der Waals surface area (Å²) < 4.78 is 19.8. The molecule has 8 nitrogen and oxygen atoms in total. The molecule has 0 radical (unpaired) electrons. The Kier molecular flexibility index (Phi) is 10.3. The number of thioether (sulfide) groups is 1. The summed E-state index contributed by atoms with van der Waals surface area (Å²) in [4.78, 5) is 18.3. The van der Waals surface area contributed by atoms with E-state index in [0.29, 0.717) is 57.9 Å². The molecule has 242 valence electrons. The molecule has 4 aromatic rings. The number of esters is 1. The minimum atomic E-state index is -0.608. The van der Waals surface area contributed by atoms with E-state index in [1.807, 2.05) is 70.2 Å². The number of nitrogens with zero attached hydrogens (tertiary/aromatic N) is 3. The number of benzene rings is 3. The molecule has 1 N–H and O–H groups in total. The number of fused-ring (bicyclic) bond motifs is 1. The van der Waals surface area contributed by atoms with Crippen molar-refractivity contribution in [2.45, 2.75) is 83.5 Å². The van der Waals surface area contributed by atoms with Gasteiger partial charge in [-0.05, 0) is 73.6 Å². The molecule has 0 aliphatic carbocycles. The van der Waals surface area contributed by atoms with Crippen LogP contribution in [0.1, 0.15) is 76.8 Å². The van der Waals surface area contributed by atoms with Crippen LogP contribution in [0.15, 0.2) is 83.2 Å². The molecule has 0 fully saturated rings. The van der Waals surface area contributed by atoms with Gasteiger partial charge in [0.1, 0.15) is 12.6 Å². The molecule has 1 aliphatic heterocycles. The second-order valence-corrected chi connectivity index (χ2v) is 13.8. The first kappa shape index (κ1) is 33.4. The molecule has 1 aliphatic rings. The summed E-state index contributed by atoms with van der Waals surface area (Å²) in [6.07, 6.45) is -0.292. The Labute approximate surface area is 280 Å². The number of halogens is 1. The molecular weight excluding hydrogens is 620 g/mol. The summed E-state index contributed by atoms with van der Waals surface area (Å²) in [5, 5.41) is 9.37. The number of anilines is 1. The SMILES string of the molecule is CCOc1cc(C2C(C(=O)OC(C)C)=C(C)Nc3nc(SCc4ccccc4Cl)nn32)ccc1OCc1ccc(C(C)(C)C)cc1. The quantitative estimate of drug-likeness (QED) is 0.126. The lowest BCUT2D eigenvalue weighted by Gasteiger charge is -2.29. The summed E-state index contributed by atoms with van der Waals surface area (Å²) in [6, 6.07) is 21.3. The van der Waals surface area contributed by atoms with Crippen molar-refractivity contribution in [2.75, 3.05) is 11.9 Å². The summed E-state index contributed by atoms with van der Waals surface area (Å²) >= 11 is 7.86. The summed E-state index contributed by atoms with van der Waals surface area (Å²) in [5.41, 5.74) is 5.28. The van der Waals surface area contributed by atoms with Gasteiger partial charge in [-0.3, -0.25) is 0 Å². The largest absolute Gasteiger partial charge is 0.490 e. The van der Waals surface area contributed by atoms with Crippen LogP contribution in [0.4, 0.5) is 5.95 Å². The number of ether oxygens (including phenoxy) is 3. The van der Waals surface area contributed by atoms with Crippen molar-refractivity contribution in [1.29, 1.82) is 0 Å². The molecule has 2 heterocycles. The topological polar surface area (TPSA) is 87.5 Å². The fraction of sp³-hybridized carbons (Fsp3) is 0.361. The summed E-state index contributed by atoms with van der Waals surface area (Å²) in [5.74, 6) is 1.90. The van der Waals surface area contributed by atoms with Gasteiger partial charge in [0.05, 0.1) is 18.3 Å². The van der Waals surface area contributed by atoms with E-state index in [1.165, 1.54) is 17.3 Å². The Morgan fingerprint density at radius 1 is 1.04 bits per heavy atom. The number of hydrogen-bond donors (Lipinski definition) is 1. The summed E-state index contributed by atoms with van der Waals surface area (Å²) in [6.45, 7) is 14.9. The first-order valence-corrected chi connectivity index (χ1v) is 16.8. The van der Waals surface area contributed by atoms with Gasteiger partial charge in [0, 0.05) is 16.5 Å². The number of allylic oxidation sites excluding steroid dienone is 1. The van der Waals surface area contributed by atoms with Crippen LogP contribution in [0, 0.1) is 0 Å². The van der Waals surface area contributed by atoms with Crippen LogP contribution in [0.2, 0.25) is 5.02 Å². The maximum atomic E-state index is 13.5. The molecule has 0 amide bonds. The standard InChI is InChI=1S/C36H41ClN4O4S/c1-8-43-30-19-25(15-18-29(30)44-20-24-13-16-27(17-14-24)36(5,6)7)32-31(33(42)45-22(2)3)23(4)38-34-39-35(40-41(32)34)46-21-26-11-9-10-12-28(26)37/h9-19,22,32H,8,20-21H2,1-7H3,(H,38,39,40). The van der Waals surface area contributed by atoms with E-state index in [2.05, 4.69) is 50.4 Å². The average Bonchev–Trinajstić information content (AvgIpc) is 3.41. The highest BCUT2D eigenvalue weighted by Crippen LogP contribution is 2.40. The Hall–Kier alpha value is -3.95. The van der Waals surface area contributed by atoms with Crippen molar-refractivity contribution in [1.82, 2.24) is 14.8 Å². The maximum Gasteiger partial charge on any atom is 0.338 e. The Balaban J connectivity index is 1.46. The highest BCUT2D eigenvalue weighted by molar-refractivity contribution is 7.98. The third-order valence-electron chi connectivity index (χ3n) is 7.51. The smallest absolute Gasteiger partial charge is 0.338 e. The molecule has 0 spiro atoms. The Morgan fingerprint density at radius 3 is 2.46 bits per heavy atom. The van der Waals surface area contributed by atoms with E-state index in [4.69, 9.17) is 35.9 Å². The average molecular weight is 661 g/mol. The van der Waals surface area contributed by atoms with E-state index in [0.717, 1.165) is 16.7 Å². The van der Waals surface area contributed by atoms with E-state index < -0.39 is 12.0 Å². The van der Waals surface area contributed by atoms with Gasteiger partial charge in [-0.1, -0.05) is 92.7 Å². The zero-order valence-electron chi connectivity index (χ0n) is 27.4. The van der Waals surface area contributed by atoms with Gasteiger partial charge in [0.25, 0.3) is 0 Å². The molecule has 0 saturated heterocycles. The lowest BCUT2D eigenvalue weighted by Crippen LogP contribution is -2.30. The second-order valence-electron chi connectivity index (χ2n) is 12.4. The third-order valence-corrected chi connectivity index (χ3v) is 8.76. The lowest BCUT2D eigenvalue weighted by atomic mass is 9.87. The predicted molar refractivity (Wildman–Crippen MR) is 184 cm³/mol. The normalized spacial score (nSPS) is 14.6. The molecular formula is C36H41ClN4O4S. The zero-order valence-corrected chi connectivity index (χ0v) is 29.0. The highest BCUT2D eigenvalue weighted by Gasteiger charge is 2.36. The molecule has 1 unspecified atom stereocenters. The van der Waals surface area contributed by atoms with Crippen LogP contribution < -0.4 is 14.8 Å². The van der Waals surface area contributed by atoms with Crippen molar-refractivity contribution in [3.63, 3.8) is 0 Å². The van der Waals surface area contributed by atoms with Gasteiger partial charge in [0.15, 0.2) is 11.5 Å². The number of carbonyl (C=O) groups excluding carboxylic acids is 1. The van der Waals surface area contributed by atoms with Crippen LogP contribution in [-0.4, -0.2) is 33.4 Å². The van der Waals surface area contributed by atoms with Gasteiger partial charge in [-0.15, -0.1) is 5.10 Å². The van der Waals surface area contributed by atoms with Gasteiger partial charge >= 0.3 is 5.97 Å². The van der Waals surface area contributed by atoms with E-state index in [1.54, 1.807) is 4.68 Å². The van der Waals surface area contributed by atoms with Crippen molar-refractivity contribution in [3.8, 4) is 11.5 Å². The Bertz CT molecular complexity index is 1730. The van der Waals surface area contributed by atoms with Crippen molar-refractivity contribution >= 4 is 35.3 Å². The molecule has 3 aromatic carbocycles. The van der Waals surface area contributed by atoms with Gasteiger partial charge < -0.3 is 19.5 Å². The van der Waals surface area contributed by atoms with Gasteiger partial charge in [-0.25, -0.2) is 9.48 Å². The minimum absolute atomic E-state index is 0.0816. The highest BCUT2D eigenvalue weighted by atomic mass is 35.5. The minimum Gasteiger partial charge on any atom is -0.490 e. The van der Waals surface area contributed by atoms with E-state index in [-0.39, 0.29) is 11.5 Å². The van der Waals surface area contributed by atoms with Gasteiger partial charge in [-0.2, -0.15) is 4.98 Å². The van der Waals surface area contributed by atoms with Crippen LogP contribution >= 0.6 is 23.4 Å². The summed E-state index contributed by atoms with van der Waals surface area (Å²) in [7, 11) is 0. The van der Waals surface area contributed by atoms with Crippen LogP contribution in [0.3, 0.4) is 0 Å². The van der Waals surface area contributed by atoms with Crippen LogP contribution in [0.5, 0.6) is 11.5 Å². The third kappa shape index (κ3) is 7.70. The van der Waals surface area contributed by atoms with E-state index >= 15 is 0 Å². The molecule has 5 rings (SSSR count). The van der Waals surface area contributed by atoms with Gasteiger partial charge in [0.2, 0.25) is 11.1 Å². The number of aromatic nitrogens is 3. The first-order valence-electron chi connectivity index (χ1n) is 15.4. The molecule has 0 bridgehead atoms. The monoisotopic (exact) mass is 660 g/mol. The number of nitrogens with one attached hydrogen (secondary N) is 1. The number of rotatable bonds is 11. The maximum absolute atomic E-state index is 13.5. The molecule has 0 saturated carbocycles. The van der Waals surface area contributed by atoms with Crippen molar-refractivity contribution in [3.05, 3.63) is 105 Å². The van der Waals surface area contributed by atoms with Crippen molar-refractivity contribution < 1.29 is 19.0 Å². The molecule has 10 heteroatoms. The molecule has 1 atom stereocenters. The van der Waals surface area contributed by atoms with Crippen LogP contribution in [0.25, 0.3) is 0 Å². The molecule has 1 aromatic heterocycles. The number of hydrogen-bond acceptors (Lipinski definition) is 8. The van der Waals surface area contributed by atoms with E-state index in [9.17, 15) is 4.79 Å². The second kappa shape index (κ2) is 14.2. The lowest BCUT2D eigenvalue weighted by molar-refractivity contribution is -0.143. The fourth-order valence-electron chi connectivity index (χ4n) is 5.14. The van der Waals surface area contributed by atoms with Crippen molar-refractivity contribution in [2.24, 2.45) is 0 Å². The first-order chi connectivity index (χ1) is 21.9. The molecule has 46 heavy (non-hydrogen) atoms. The Morgan fingerprint density at radius 2 is 1.78 bits per heavy atom.